The second-order valence-corrected chi connectivity index (χ2v) is 4.89. The van der Waals surface area contributed by atoms with E-state index in [1.54, 1.807) is 43.5 Å². The molecule has 1 aromatic carbocycles. The summed E-state index contributed by atoms with van der Waals surface area (Å²) in [5, 5.41) is 1.18. The molecule has 3 aromatic rings. The molecule has 0 aliphatic rings. The molecule has 0 saturated carbocycles. The third-order valence-corrected chi connectivity index (χ3v) is 3.38. The summed E-state index contributed by atoms with van der Waals surface area (Å²) in [6, 6.07) is 8.47. The van der Waals surface area contributed by atoms with Crippen molar-refractivity contribution in [2.24, 2.45) is 0 Å². The van der Waals surface area contributed by atoms with Gasteiger partial charge in [0.05, 0.1) is 5.69 Å². The summed E-state index contributed by atoms with van der Waals surface area (Å²) in [6.07, 6.45) is 1.63. The van der Waals surface area contributed by atoms with Gasteiger partial charge in [-0.05, 0) is 37.3 Å². The summed E-state index contributed by atoms with van der Waals surface area (Å²) in [5.41, 5.74) is 7.95. The first-order chi connectivity index (χ1) is 9.58. The van der Waals surface area contributed by atoms with Crippen LogP contribution < -0.4 is 5.73 Å². The van der Waals surface area contributed by atoms with Crippen LogP contribution in [0.5, 0.6) is 0 Å². The number of furan rings is 1. The Kier molecular flexibility index (Phi) is 2.95. The number of rotatable bonds is 2. The van der Waals surface area contributed by atoms with Crippen LogP contribution in [0.15, 0.2) is 40.9 Å². The Balaban J connectivity index is 2.18. The standard InChI is InChI=1S/C15H11ClN2O2/c1-8-10(3-2-6-18-8)14(19)15-13(17)11-7-9(16)4-5-12(11)20-15/h2-7H,17H2,1H3. The Hall–Kier alpha value is -2.33. The maximum Gasteiger partial charge on any atom is 0.232 e. The van der Waals surface area contributed by atoms with Crippen LogP contribution >= 0.6 is 11.6 Å². The van der Waals surface area contributed by atoms with E-state index in [1.807, 2.05) is 0 Å². The molecule has 0 aliphatic heterocycles. The van der Waals surface area contributed by atoms with Crippen molar-refractivity contribution in [3.05, 3.63) is 58.6 Å². The molecule has 2 aromatic heterocycles. The Morgan fingerprint density at radius 3 is 2.90 bits per heavy atom. The second-order valence-electron chi connectivity index (χ2n) is 4.45. The van der Waals surface area contributed by atoms with Gasteiger partial charge in [0, 0.05) is 27.9 Å². The summed E-state index contributed by atoms with van der Waals surface area (Å²) in [6.45, 7) is 1.77. The number of carbonyl (C=O) groups is 1. The smallest absolute Gasteiger partial charge is 0.232 e. The first-order valence-corrected chi connectivity index (χ1v) is 6.39. The predicted molar refractivity (Wildman–Crippen MR) is 78.0 cm³/mol. The zero-order valence-electron chi connectivity index (χ0n) is 10.7. The number of halogens is 1. The van der Waals surface area contributed by atoms with E-state index in [-0.39, 0.29) is 11.5 Å². The minimum absolute atomic E-state index is 0.123. The second kappa shape index (κ2) is 4.65. The average Bonchev–Trinajstić information content (AvgIpc) is 2.76. The van der Waals surface area contributed by atoms with E-state index < -0.39 is 0 Å². The number of ketones is 1. The number of nitrogens with two attached hydrogens (primary N) is 1. The number of fused-ring (bicyclic) bond motifs is 1. The van der Waals surface area contributed by atoms with Gasteiger partial charge >= 0.3 is 0 Å². The van der Waals surface area contributed by atoms with E-state index in [0.29, 0.717) is 32.9 Å². The first-order valence-electron chi connectivity index (χ1n) is 6.02. The van der Waals surface area contributed by atoms with Gasteiger partial charge in [-0.2, -0.15) is 0 Å². The third kappa shape index (κ3) is 1.94. The van der Waals surface area contributed by atoms with Gasteiger partial charge in [-0.1, -0.05) is 11.6 Å². The Morgan fingerprint density at radius 2 is 2.15 bits per heavy atom. The number of nitrogens with zero attached hydrogens (tertiary/aromatic N) is 1. The van der Waals surface area contributed by atoms with Crippen molar-refractivity contribution in [1.29, 1.82) is 0 Å². The fourth-order valence-electron chi connectivity index (χ4n) is 2.10. The first kappa shape index (κ1) is 12.7. The van der Waals surface area contributed by atoms with Crippen LogP contribution in [0.2, 0.25) is 5.02 Å². The number of aromatic nitrogens is 1. The normalized spacial score (nSPS) is 10.9. The molecule has 20 heavy (non-hydrogen) atoms. The number of benzene rings is 1. The molecule has 2 heterocycles. The number of anilines is 1. The molecule has 0 spiro atoms. The van der Waals surface area contributed by atoms with E-state index in [9.17, 15) is 4.79 Å². The highest BCUT2D eigenvalue weighted by Gasteiger charge is 2.21. The minimum Gasteiger partial charge on any atom is -0.450 e. The molecule has 4 nitrogen and oxygen atoms in total. The average molecular weight is 287 g/mol. The summed E-state index contributed by atoms with van der Waals surface area (Å²) in [5.74, 6) is -0.154. The number of hydrogen-bond acceptors (Lipinski definition) is 4. The highest BCUT2D eigenvalue weighted by molar-refractivity contribution is 6.31. The van der Waals surface area contributed by atoms with Crippen molar-refractivity contribution >= 4 is 34.0 Å². The van der Waals surface area contributed by atoms with Crippen LogP contribution in [-0.2, 0) is 0 Å². The summed E-state index contributed by atoms with van der Waals surface area (Å²) in [7, 11) is 0. The van der Waals surface area contributed by atoms with Crippen molar-refractivity contribution in [2.75, 3.05) is 5.73 Å². The highest BCUT2D eigenvalue weighted by atomic mass is 35.5. The lowest BCUT2D eigenvalue weighted by atomic mass is 10.1. The lowest BCUT2D eigenvalue weighted by Gasteiger charge is -2.01. The third-order valence-electron chi connectivity index (χ3n) is 3.15. The predicted octanol–water partition coefficient (Wildman–Crippen LogP) is 3.60. The van der Waals surface area contributed by atoms with Crippen LogP contribution in [0.3, 0.4) is 0 Å². The Bertz CT molecular complexity index is 824. The van der Waals surface area contributed by atoms with E-state index in [0.717, 1.165) is 0 Å². The summed E-state index contributed by atoms with van der Waals surface area (Å²) < 4.78 is 5.56. The molecule has 0 aliphatic carbocycles. The molecule has 100 valence electrons. The molecule has 0 radical (unpaired) electrons. The summed E-state index contributed by atoms with van der Waals surface area (Å²) in [4.78, 5) is 16.6. The van der Waals surface area contributed by atoms with Gasteiger partial charge in [-0.15, -0.1) is 0 Å². The Morgan fingerprint density at radius 1 is 1.35 bits per heavy atom. The molecule has 0 amide bonds. The van der Waals surface area contributed by atoms with Gasteiger partial charge < -0.3 is 10.2 Å². The van der Waals surface area contributed by atoms with Crippen LogP contribution in [0.4, 0.5) is 5.69 Å². The zero-order chi connectivity index (χ0) is 14.3. The minimum atomic E-state index is -0.277. The van der Waals surface area contributed by atoms with Crippen LogP contribution in [0.1, 0.15) is 21.8 Å². The fourth-order valence-corrected chi connectivity index (χ4v) is 2.28. The molecule has 0 unspecified atom stereocenters. The van der Waals surface area contributed by atoms with Crippen molar-refractivity contribution in [3.63, 3.8) is 0 Å². The van der Waals surface area contributed by atoms with Gasteiger partial charge in [-0.25, -0.2) is 0 Å². The molecular weight excluding hydrogens is 276 g/mol. The van der Waals surface area contributed by atoms with Gasteiger partial charge in [-0.3, -0.25) is 9.78 Å². The largest absolute Gasteiger partial charge is 0.450 e. The molecule has 3 rings (SSSR count). The van der Waals surface area contributed by atoms with Crippen LogP contribution in [0, 0.1) is 6.92 Å². The Labute approximate surface area is 120 Å². The summed E-state index contributed by atoms with van der Waals surface area (Å²) >= 11 is 5.93. The quantitative estimate of drug-likeness (QED) is 0.731. The SMILES string of the molecule is Cc1ncccc1C(=O)c1oc2ccc(Cl)cc2c1N. The number of hydrogen-bond donors (Lipinski definition) is 1. The van der Waals surface area contributed by atoms with Crippen LogP contribution in [0.25, 0.3) is 11.0 Å². The van der Waals surface area contributed by atoms with Crippen molar-refractivity contribution in [2.45, 2.75) is 6.92 Å². The monoisotopic (exact) mass is 286 g/mol. The van der Waals surface area contributed by atoms with Crippen LogP contribution in [-0.4, -0.2) is 10.8 Å². The molecule has 0 bridgehead atoms. The maximum absolute atomic E-state index is 12.5. The van der Waals surface area contributed by atoms with E-state index in [4.69, 9.17) is 21.8 Å². The lowest BCUT2D eigenvalue weighted by Crippen LogP contribution is -2.06. The molecule has 5 heteroatoms. The molecule has 0 atom stereocenters. The molecular formula is C15H11ClN2O2. The number of nitrogen functional groups attached to an aromatic ring is 1. The maximum atomic E-state index is 12.5. The van der Waals surface area contributed by atoms with E-state index in [1.165, 1.54) is 0 Å². The number of aryl methyl sites for hydroxylation is 1. The lowest BCUT2D eigenvalue weighted by molar-refractivity contribution is 0.101. The molecule has 2 N–H and O–H groups in total. The van der Waals surface area contributed by atoms with E-state index in [2.05, 4.69) is 4.98 Å². The zero-order valence-corrected chi connectivity index (χ0v) is 11.4. The van der Waals surface area contributed by atoms with Crippen molar-refractivity contribution < 1.29 is 9.21 Å². The number of carbonyl (C=O) groups excluding carboxylic acids is 1. The van der Waals surface area contributed by atoms with Crippen molar-refractivity contribution in [1.82, 2.24) is 4.98 Å². The van der Waals surface area contributed by atoms with E-state index >= 15 is 0 Å². The number of pyridine rings is 1. The molecule has 0 fully saturated rings. The van der Waals surface area contributed by atoms with Gasteiger partial charge in [0.15, 0.2) is 5.76 Å². The van der Waals surface area contributed by atoms with Gasteiger partial charge in [0.2, 0.25) is 5.78 Å². The van der Waals surface area contributed by atoms with Gasteiger partial charge in [0.25, 0.3) is 0 Å². The fraction of sp³-hybridized carbons (Fsp3) is 0.0667. The van der Waals surface area contributed by atoms with Crippen molar-refractivity contribution in [3.8, 4) is 0 Å². The molecule has 0 saturated heterocycles. The topological polar surface area (TPSA) is 69.1 Å². The highest BCUT2D eigenvalue weighted by Crippen LogP contribution is 2.32. The van der Waals surface area contributed by atoms with Gasteiger partial charge in [0.1, 0.15) is 5.58 Å².